The molecular formula is C13H15F2N3O2. The van der Waals surface area contributed by atoms with Crippen molar-refractivity contribution in [1.29, 1.82) is 0 Å². The summed E-state index contributed by atoms with van der Waals surface area (Å²) in [6, 6.07) is 2.71. The number of nitrogens with one attached hydrogen (secondary N) is 1. The fraction of sp³-hybridized carbons (Fsp3) is 0.385. The number of ether oxygens (including phenoxy) is 1. The van der Waals surface area contributed by atoms with Crippen LogP contribution in [0, 0.1) is 11.6 Å². The summed E-state index contributed by atoms with van der Waals surface area (Å²) in [6.07, 6.45) is 1.12. The van der Waals surface area contributed by atoms with Gasteiger partial charge in [-0.15, -0.1) is 0 Å². The molecule has 1 aromatic carbocycles. The first-order valence-corrected chi connectivity index (χ1v) is 6.15. The molecule has 0 aliphatic rings. The maximum Gasteiger partial charge on any atom is 0.213 e. The number of aromatic nitrogens is 2. The minimum atomic E-state index is -0.756. The average molecular weight is 283 g/mol. The van der Waals surface area contributed by atoms with Crippen molar-refractivity contribution in [3.05, 3.63) is 41.5 Å². The number of hydrogen-bond donors (Lipinski definition) is 1. The lowest BCUT2D eigenvalue weighted by molar-refractivity contribution is 0.259. The largest absolute Gasteiger partial charge is 0.479 e. The lowest BCUT2D eigenvalue weighted by atomic mass is 10.2. The summed E-state index contributed by atoms with van der Waals surface area (Å²) in [5.41, 5.74) is 0.514. The van der Waals surface area contributed by atoms with Crippen LogP contribution in [-0.4, -0.2) is 16.2 Å². The van der Waals surface area contributed by atoms with Gasteiger partial charge in [-0.05, 0) is 17.7 Å². The molecule has 7 heteroatoms. The van der Waals surface area contributed by atoms with Gasteiger partial charge < -0.3 is 14.6 Å². The summed E-state index contributed by atoms with van der Waals surface area (Å²) in [4.78, 5) is 3.70. The Morgan fingerprint density at radius 3 is 2.55 bits per heavy atom. The van der Waals surface area contributed by atoms with E-state index in [2.05, 4.69) is 20.0 Å². The Kier molecular flexibility index (Phi) is 4.62. The Labute approximate surface area is 114 Å². The van der Waals surface area contributed by atoms with E-state index in [1.807, 2.05) is 13.8 Å². The zero-order valence-corrected chi connectivity index (χ0v) is 11.2. The normalized spacial score (nSPS) is 11.1. The first kappa shape index (κ1) is 14.4. The molecule has 0 unspecified atom stereocenters. The smallest absolute Gasteiger partial charge is 0.213 e. The minimum Gasteiger partial charge on any atom is -0.479 e. The molecule has 5 nitrogen and oxygen atoms in total. The second-order valence-corrected chi connectivity index (χ2v) is 4.56. The van der Waals surface area contributed by atoms with Crippen LogP contribution in [0.15, 0.2) is 23.0 Å². The molecule has 1 heterocycles. The molecule has 0 fully saturated rings. The Hall–Kier alpha value is -2.02. The minimum absolute atomic E-state index is 0.159. The average Bonchev–Trinajstić information content (AvgIpc) is 2.88. The first-order valence-electron chi connectivity index (χ1n) is 6.15. The van der Waals surface area contributed by atoms with Crippen molar-refractivity contribution < 1.29 is 18.0 Å². The highest BCUT2D eigenvalue weighted by Crippen LogP contribution is 2.24. The van der Waals surface area contributed by atoms with Gasteiger partial charge in [-0.3, -0.25) is 0 Å². The molecule has 0 atom stereocenters. The molecular weight excluding hydrogens is 268 g/mol. The van der Waals surface area contributed by atoms with Crippen molar-refractivity contribution in [3.63, 3.8) is 0 Å². The summed E-state index contributed by atoms with van der Waals surface area (Å²) in [5, 5.41) is 6.57. The molecule has 108 valence electrons. The number of hydrogen-bond acceptors (Lipinski definition) is 5. The van der Waals surface area contributed by atoms with Gasteiger partial charge in [0.25, 0.3) is 0 Å². The zero-order chi connectivity index (χ0) is 14.5. The zero-order valence-electron chi connectivity index (χ0n) is 11.2. The second-order valence-electron chi connectivity index (χ2n) is 4.56. The van der Waals surface area contributed by atoms with E-state index < -0.39 is 17.4 Å². The molecule has 0 aliphatic heterocycles. The Balaban J connectivity index is 2.06. The molecule has 0 saturated carbocycles. The Morgan fingerprint density at radius 1 is 1.30 bits per heavy atom. The van der Waals surface area contributed by atoms with Crippen LogP contribution >= 0.6 is 0 Å². The van der Waals surface area contributed by atoms with Gasteiger partial charge in [0.05, 0.1) is 0 Å². The monoisotopic (exact) mass is 283 g/mol. The molecule has 2 aromatic rings. The van der Waals surface area contributed by atoms with Crippen molar-refractivity contribution in [2.24, 2.45) is 0 Å². The summed E-state index contributed by atoms with van der Waals surface area (Å²) in [7, 11) is 0. The molecule has 1 N–H and O–H groups in total. The third-order valence-corrected chi connectivity index (χ3v) is 2.53. The predicted molar refractivity (Wildman–Crippen MR) is 67.0 cm³/mol. The quantitative estimate of drug-likeness (QED) is 0.882. The van der Waals surface area contributed by atoms with E-state index in [1.165, 1.54) is 12.1 Å². The van der Waals surface area contributed by atoms with E-state index in [0.29, 0.717) is 12.1 Å². The SMILES string of the molecule is CC(C)NCc1cc(F)c(OCc2ncon2)c(F)c1. The first-order chi connectivity index (χ1) is 9.56. The van der Waals surface area contributed by atoms with Crippen LogP contribution in [0.1, 0.15) is 25.2 Å². The van der Waals surface area contributed by atoms with Crippen LogP contribution in [0.2, 0.25) is 0 Å². The van der Waals surface area contributed by atoms with Crippen LogP contribution in [0.25, 0.3) is 0 Å². The lowest BCUT2D eigenvalue weighted by Crippen LogP contribution is -2.22. The van der Waals surface area contributed by atoms with Gasteiger partial charge in [-0.25, -0.2) is 8.78 Å². The summed E-state index contributed by atoms with van der Waals surface area (Å²) in [6.45, 7) is 4.13. The highest BCUT2D eigenvalue weighted by molar-refractivity contribution is 5.31. The highest BCUT2D eigenvalue weighted by atomic mass is 19.1. The van der Waals surface area contributed by atoms with Gasteiger partial charge in [0.2, 0.25) is 12.2 Å². The molecule has 0 bridgehead atoms. The van der Waals surface area contributed by atoms with Crippen LogP contribution in [0.4, 0.5) is 8.78 Å². The van der Waals surface area contributed by atoms with E-state index in [1.54, 1.807) is 0 Å². The Bertz CT molecular complexity index is 536. The number of benzene rings is 1. The molecule has 0 radical (unpaired) electrons. The molecule has 0 spiro atoms. The topological polar surface area (TPSA) is 60.2 Å². The van der Waals surface area contributed by atoms with Gasteiger partial charge in [0.15, 0.2) is 24.0 Å². The van der Waals surface area contributed by atoms with Crippen LogP contribution < -0.4 is 10.1 Å². The van der Waals surface area contributed by atoms with Crippen LogP contribution in [0.3, 0.4) is 0 Å². The molecule has 0 aliphatic carbocycles. The van der Waals surface area contributed by atoms with Crippen LogP contribution in [-0.2, 0) is 13.2 Å². The van der Waals surface area contributed by atoms with Crippen molar-refractivity contribution in [3.8, 4) is 5.75 Å². The summed E-state index contributed by atoms with van der Waals surface area (Å²) >= 11 is 0. The number of nitrogens with zero attached hydrogens (tertiary/aromatic N) is 2. The number of halogens is 2. The van der Waals surface area contributed by atoms with Gasteiger partial charge in [-0.2, -0.15) is 4.98 Å². The van der Waals surface area contributed by atoms with Crippen LogP contribution in [0.5, 0.6) is 5.75 Å². The van der Waals surface area contributed by atoms with E-state index in [4.69, 9.17) is 4.74 Å². The van der Waals surface area contributed by atoms with Gasteiger partial charge >= 0.3 is 0 Å². The standard InChI is InChI=1S/C13H15F2N3O2/c1-8(2)16-5-9-3-10(14)13(11(15)4-9)19-6-12-17-7-20-18-12/h3-4,7-8,16H,5-6H2,1-2H3. The fourth-order valence-electron chi connectivity index (χ4n) is 1.57. The Morgan fingerprint density at radius 2 is 2.00 bits per heavy atom. The van der Waals surface area contributed by atoms with Gasteiger partial charge in [0, 0.05) is 12.6 Å². The lowest BCUT2D eigenvalue weighted by Gasteiger charge is -2.11. The highest BCUT2D eigenvalue weighted by Gasteiger charge is 2.14. The molecule has 2 rings (SSSR count). The fourth-order valence-corrected chi connectivity index (χ4v) is 1.57. The maximum atomic E-state index is 13.8. The van der Waals surface area contributed by atoms with E-state index in [0.717, 1.165) is 6.39 Å². The van der Waals surface area contributed by atoms with Crippen molar-refractivity contribution in [1.82, 2.24) is 15.5 Å². The number of rotatable bonds is 6. The van der Waals surface area contributed by atoms with Crippen molar-refractivity contribution >= 4 is 0 Å². The maximum absolute atomic E-state index is 13.8. The van der Waals surface area contributed by atoms with E-state index in [-0.39, 0.29) is 18.5 Å². The second kappa shape index (κ2) is 6.42. The summed E-state index contributed by atoms with van der Waals surface area (Å²) < 4.78 is 37.2. The predicted octanol–water partition coefficient (Wildman–Crippen LogP) is 2.42. The summed E-state index contributed by atoms with van der Waals surface area (Å²) in [5.74, 6) is -1.74. The van der Waals surface area contributed by atoms with Crippen molar-refractivity contribution in [2.75, 3.05) is 0 Å². The molecule has 0 amide bonds. The van der Waals surface area contributed by atoms with E-state index >= 15 is 0 Å². The third-order valence-electron chi connectivity index (χ3n) is 2.53. The molecule has 20 heavy (non-hydrogen) atoms. The van der Waals surface area contributed by atoms with Gasteiger partial charge in [-0.1, -0.05) is 19.0 Å². The third kappa shape index (κ3) is 3.74. The van der Waals surface area contributed by atoms with Gasteiger partial charge in [0.1, 0.15) is 0 Å². The molecule has 1 aromatic heterocycles. The van der Waals surface area contributed by atoms with Crippen molar-refractivity contribution in [2.45, 2.75) is 33.0 Å². The molecule has 0 saturated heterocycles. The van der Waals surface area contributed by atoms with E-state index in [9.17, 15) is 8.78 Å².